The topological polar surface area (TPSA) is 59.8 Å². The van der Waals surface area contributed by atoms with Gasteiger partial charge in [-0.05, 0) is 30.5 Å². The maximum atomic E-state index is 11.4. The molecule has 0 aliphatic carbocycles. The zero-order chi connectivity index (χ0) is 15.5. The van der Waals surface area contributed by atoms with Crippen molar-refractivity contribution in [1.82, 2.24) is 14.8 Å². The van der Waals surface area contributed by atoms with E-state index in [9.17, 15) is 4.21 Å². The van der Waals surface area contributed by atoms with Crippen molar-refractivity contribution in [1.29, 1.82) is 0 Å². The van der Waals surface area contributed by atoms with E-state index in [0.29, 0.717) is 17.3 Å². The molecule has 2 aromatic rings. The Morgan fingerprint density at radius 3 is 3.05 bits per heavy atom. The molecule has 0 spiro atoms. The smallest absolute Gasteiger partial charge is 0.152 e. The first-order valence-corrected chi connectivity index (χ1v) is 9.47. The van der Waals surface area contributed by atoms with Crippen LogP contribution in [0.15, 0.2) is 18.2 Å². The lowest BCUT2D eigenvalue weighted by Gasteiger charge is -2.15. The van der Waals surface area contributed by atoms with Crippen LogP contribution < -0.4 is 5.32 Å². The third kappa shape index (κ3) is 3.50. The number of rotatable bonds is 5. The number of hydrogen-bond donors (Lipinski definition) is 1. The average Bonchev–Trinajstić information content (AvgIpc) is 2.90. The Labute approximate surface area is 137 Å². The Kier molecular flexibility index (Phi) is 4.78. The fourth-order valence-electron chi connectivity index (χ4n) is 2.71. The number of nitrogens with zero attached hydrogens (tertiary/aromatic N) is 3. The summed E-state index contributed by atoms with van der Waals surface area (Å²) < 4.78 is 13.5. The molecular formula is C15H19ClN4OS. The molecule has 0 radical (unpaired) electrons. The lowest BCUT2D eigenvalue weighted by atomic mass is 10.1. The first kappa shape index (κ1) is 15.5. The fraction of sp³-hybridized carbons (Fsp3) is 0.467. The zero-order valence-electron chi connectivity index (χ0n) is 12.5. The minimum absolute atomic E-state index is 0.534. The monoisotopic (exact) mass is 338 g/mol. The van der Waals surface area contributed by atoms with E-state index in [1.54, 1.807) is 6.26 Å². The van der Waals surface area contributed by atoms with Gasteiger partial charge in [-0.2, -0.15) is 0 Å². The molecule has 0 bridgehead atoms. The molecule has 118 valence electrons. The van der Waals surface area contributed by atoms with Crippen LogP contribution in [0.3, 0.4) is 0 Å². The Balaban J connectivity index is 1.73. The van der Waals surface area contributed by atoms with Gasteiger partial charge in [-0.15, -0.1) is 10.2 Å². The van der Waals surface area contributed by atoms with Crippen molar-refractivity contribution in [2.75, 3.05) is 11.6 Å². The van der Waals surface area contributed by atoms with Gasteiger partial charge in [0, 0.05) is 35.8 Å². The third-order valence-electron chi connectivity index (χ3n) is 3.77. The molecule has 2 heterocycles. The molecule has 1 aliphatic heterocycles. The molecule has 0 saturated heterocycles. The van der Waals surface area contributed by atoms with Gasteiger partial charge in [-0.3, -0.25) is 4.21 Å². The fourth-order valence-corrected chi connectivity index (χ4v) is 3.54. The molecule has 7 heteroatoms. The molecule has 22 heavy (non-hydrogen) atoms. The normalized spacial score (nSPS) is 15.4. The highest BCUT2D eigenvalue weighted by Gasteiger charge is 2.15. The Morgan fingerprint density at radius 1 is 1.36 bits per heavy atom. The molecule has 0 saturated carbocycles. The molecule has 0 amide bonds. The van der Waals surface area contributed by atoms with Crippen molar-refractivity contribution in [3.63, 3.8) is 0 Å². The zero-order valence-corrected chi connectivity index (χ0v) is 14.1. The largest absolute Gasteiger partial charge is 0.377 e. The summed E-state index contributed by atoms with van der Waals surface area (Å²) in [6, 6.07) is 5.70. The standard InChI is InChI=1S/C15H19ClN4OS/c1-22(21)10-11-5-6-12(16)13(8-11)17-9-15-19-18-14-4-2-3-7-20(14)15/h5-6,8,17H,2-4,7,9-10H2,1H3/t22-/m0/s1. The van der Waals surface area contributed by atoms with Gasteiger partial charge in [-0.1, -0.05) is 17.7 Å². The lowest BCUT2D eigenvalue weighted by molar-refractivity contribution is 0.510. The summed E-state index contributed by atoms with van der Waals surface area (Å²) in [4.78, 5) is 0. The van der Waals surface area contributed by atoms with Gasteiger partial charge in [-0.25, -0.2) is 0 Å². The van der Waals surface area contributed by atoms with Crippen LogP contribution in [0.25, 0.3) is 0 Å². The number of fused-ring (bicyclic) bond motifs is 1. The van der Waals surface area contributed by atoms with Gasteiger partial charge < -0.3 is 9.88 Å². The van der Waals surface area contributed by atoms with Crippen molar-refractivity contribution in [2.24, 2.45) is 0 Å². The van der Waals surface area contributed by atoms with Gasteiger partial charge >= 0.3 is 0 Å². The summed E-state index contributed by atoms with van der Waals surface area (Å²) in [5.41, 5.74) is 1.86. The van der Waals surface area contributed by atoms with Gasteiger partial charge in [0.05, 0.1) is 17.3 Å². The number of hydrogen-bond acceptors (Lipinski definition) is 4. The van der Waals surface area contributed by atoms with E-state index < -0.39 is 10.8 Å². The van der Waals surface area contributed by atoms with E-state index >= 15 is 0 Å². The number of benzene rings is 1. The van der Waals surface area contributed by atoms with Crippen LogP contribution in [0.4, 0.5) is 5.69 Å². The number of halogens is 1. The second kappa shape index (κ2) is 6.79. The molecule has 1 N–H and O–H groups in total. The molecular weight excluding hydrogens is 320 g/mol. The molecule has 0 fully saturated rings. The minimum Gasteiger partial charge on any atom is -0.377 e. The van der Waals surface area contributed by atoms with Crippen LogP contribution in [0.5, 0.6) is 0 Å². The summed E-state index contributed by atoms with van der Waals surface area (Å²) in [6.07, 6.45) is 5.07. The third-order valence-corrected chi connectivity index (χ3v) is 4.84. The van der Waals surface area contributed by atoms with E-state index in [1.165, 1.54) is 12.8 Å². The average molecular weight is 339 g/mol. The van der Waals surface area contributed by atoms with Crippen molar-refractivity contribution in [3.8, 4) is 0 Å². The SMILES string of the molecule is C[S@](=O)Cc1ccc(Cl)c(NCc2nnc3n2CCCC3)c1. The van der Waals surface area contributed by atoms with E-state index in [1.807, 2.05) is 18.2 Å². The molecule has 0 unspecified atom stereocenters. The summed E-state index contributed by atoms with van der Waals surface area (Å²) >= 11 is 6.24. The minimum atomic E-state index is -0.864. The first-order valence-electron chi connectivity index (χ1n) is 7.37. The van der Waals surface area contributed by atoms with Crippen LogP contribution in [0.2, 0.25) is 5.02 Å². The van der Waals surface area contributed by atoms with Crippen molar-refractivity contribution < 1.29 is 4.21 Å². The highest BCUT2D eigenvalue weighted by Crippen LogP contribution is 2.24. The van der Waals surface area contributed by atoms with Crippen LogP contribution in [-0.4, -0.2) is 25.2 Å². The van der Waals surface area contributed by atoms with E-state index in [0.717, 1.165) is 35.9 Å². The van der Waals surface area contributed by atoms with Crippen LogP contribution in [0, 0.1) is 0 Å². The van der Waals surface area contributed by atoms with Crippen molar-refractivity contribution >= 4 is 28.1 Å². The van der Waals surface area contributed by atoms with E-state index in [-0.39, 0.29) is 0 Å². The Hall–Kier alpha value is -1.40. The highest BCUT2D eigenvalue weighted by atomic mass is 35.5. The second-order valence-corrected chi connectivity index (χ2v) is 7.37. The summed E-state index contributed by atoms with van der Waals surface area (Å²) in [5.74, 6) is 2.55. The first-order chi connectivity index (χ1) is 10.6. The van der Waals surface area contributed by atoms with Crippen LogP contribution in [0.1, 0.15) is 30.1 Å². The maximum absolute atomic E-state index is 11.4. The Bertz CT molecular complexity index is 701. The van der Waals surface area contributed by atoms with Crippen LogP contribution >= 0.6 is 11.6 Å². The van der Waals surface area contributed by atoms with Crippen molar-refractivity contribution in [3.05, 3.63) is 40.4 Å². The molecule has 3 rings (SSSR count). The van der Waals surface area contributed by atoms with E-state index in [4.69, 9.17) is 11.6 Å². The summed E-state index contributed by atoms with van der Waals surface area (Å²) in [5, 5.41) is 12.5. The van der Waals surface area contributed by atoms with Gasteiger partial charge in [0.1, 0.15) is 5.82 Å². The lowest BCUT2D eigenvalue weighted by Crippen LogP contribution is -2.15. The highest BCUT2D eigenvalue weighted by molar-refractivity contribution is 7.83. The molecule has 1 atom stereocenters. The molecule has 5 nitrogen and oxygen atoms in total. The predicted molar refractivity (Wildman–Crippen MR) is 89.5 cm³/mol. The maximum Gasteiger partial charge on any atom is 0.152 e. The van der Waals surface area contributed by atoms with Crippen LogP contribution in [-0.2, 0) is 36.1 Å². The summed E-state index contributed by atoms with van der Waals surface area (Å²) in [6.45, 7) is 1.58. The van der Waals surface area contributed by atoms with Gasteiger partial charge in [0.25, 0.3) is 0 Å². The second-order valence-electron chi connectivity index (χ2n) is 5.53. The summed E-state index contributed by atoms with van der Waals surface area (Å²) in [7, 11) is -0.864. The molecule has 1 aromatic heterocycles. The number of aryl methyl sites for hydroxylation is 1. The molecule has 1 aliphatic rings. The Morgan fingerprint density at radius 2 is 2.23 bits per heavy atom. The van der Waals surface area contributed by atoms with Gasteiger partial charge in [0.2, 0.25) is 0 Å². The number of nitrogens with one attached hydrogen (secondary N) is 1. The van der Waals surface area contributed by atoms with Gasteiger partial charge in [0.15, 0.2) is 5.82 Å². The quantitative estimate of drug-likeness (QED) is 0.910. The van der Waals surface area contributed by atoms with Crippen molar-refractivity contribution in [2.45, 2.75) is 38.1 Å². The predicted octanol–water partition coefficient (Wildman–Crippen LogP) is 2.76. The number of anilines is 1. The van der Waals surface area contributed by atoms with E-state index in [2.05, 4.69) is 20.1 Å². The molecule has 1 aromatic carbocycles. The number of aromatic nitrogens is 3.